The molecule has 0 N–H and O–H groups in total. The first-order valence-electron chi connectivity index (χ1n) is 6.67. The van der Waals surface area contributed by atoms with E-state index in [4.69, 9.17) is 28.2 Å². The summed E-state index contributed by atoms with van der Waals surface area (Å²) in [5, 5.41) is 5.54. The van der Waals surface area contributed by atoms with Gasteiger partial charge in [0.05, 0.1) is 11.9 Å². The Morgan fingerprint density at radius 3 is 2.43 bits per heavy atom. The van der Waals surface area contributed by atoms with Crippen LogP contribution in [-0.4, -0.2) is 14.6 Å². The molecule has 21 heavy (non-hydrogen) atoms. The van der Waals surface area contributed by atoms with Crippen LogP contribution in [0.1, 0.15) is 26.5 Å². The Hall–Kier alpha value is -1.58. The summed E-state index contributed by atoms with van der Waals surface area (Å²) in [6, 6.07) is 9.52. The lowest BCUT2D eigenvalue weighted by Crippen LogP contribution is -2.14. The lowest BCUT2D eigenvalue weighted by atomic mass is 9.92. The number of halogens is 2. The van der Waals surface area contributed by atoms with Crippen LogP contribution in [0.5, 0.6) is 0 Å². The molecule has 0 amide bonds. The smallest absolute Gasteiger partial charge is 0.164 e. The standard InChI is InChI=1S/C16H15Cl2N3/c1-16(2,3)13-8-14(18)21-15(20-13)11(9-19-21)10-6-4-5-7-12(10)17/h4-9H,1-3H3. The van der Waals surface area contributed by atoms with Gasteiger partial charge in [-0.25, -0.2) is 9.50 Å². The van der Waals surface area contributed by atoms with E-state index in [1.165, 1.54) is 0 Å². The van der Waals surface area contributed by atoms with E-state index in [0.717, 1.165) is 22.5 Å². The molecule has 0 fully saturated rings. The molecular weight excluding hydrogens is 305 g/mol. The van der Waals surface area contributed by atoms with Gasteiger partial charge < -0.3 is 0 Å². The molecule has 108 valence electrons. The third kappa shape index (κ3) is 2.52. The van der Waals surface area contributed by atoms with Crippen LogP contribution in [0.15, 0.2) is 36.5 Å². The van der Waals surface area contributed by atoms with E-state index < -0.39 is 0 Å². The van der Waals surface area contributed by atoms with Crippen molar-refractivity contribution in [3.63, 3.8) is 0 Å². The first-order valence-corrected chi connectivity index (χ1v) is 7.43. The molecule has 1 aromatic carbocycles. The SMILES string of the molecule is CC(C)(C)c1cc(Cl)n2ncc(-c3ccccc3Cl)c2n1. The quantitative estimate of drug-likeness (QED) is 0.591. The number of hydrogen-bond donors (Lipinski definition) is 0. The van der Waals surface area contributed by atoms with Gasteiger partial charge in [0.15, 0.2) is 5.65 Å². The minimum Gasteiger partial charge on any atom is -0.232 e. The molecule has 0 radical (unpaired) electrons. The Kier molecular flexibility index (Phi) is 3.42. The lowest BCUT2D eigenvalue weighted by Gasteiger charge is -2.18. The van der Waals surface area contributed by atoms with Gasteiger partial charge in [-0.3, -0.25) is 0 Å². The van der Waals surface area contributed by atoms with Crippen molar-refractivity contribution in [1.82, 2.24) is 14.6 Å². The Balaban J connectivity index is 2.31. The molecule has 5 heteroatoms. The molecule has 0 atom stereocenters. The summed E-state index contributed by atoms with van der Waals surface area (Å²) >= 11 is 12.6. The van der Waals surface area contributed by atoms with Gasteiger partial charge in [0, 0.05) is 21.6 Å². The van der Waals surface area contributed by atoms with Crippen LogP contribution in [0.4, 0.5) is 0 Å². The maximum absolute atomic E-state index is 6.34. The van der Waals surface area contributed by atoms with Crippen LogP contribution in [0.25, 0.3) is 16.8 Å². The molecule has 0 aliphatic heterocycles. The summed E-state index contributed by atoms with van der Waals surface area (Å²) in [6.45, 7) is 6.31. The Morgan fingerprint density at radius 2 is 1.76 bits per heavy atom. The molecule has 3 rings (SSSR count). The molecule has 0 unspecified atom stereocenters. The molecule has 3 nitrogen and oxygen atoms in total. The summed E-state index contributed by atoms with van der Waals surface area (Å²) in [4.78, 5) is 4.74. The highest BCUT2D eigenvalue weighted by atomic mass is 35.5. The predicted octanol–water partition coefficient (Wildman–Crippen LogP) is 5.00. The third-order valence-electron chi connectivity index (χ3n) is 3.36. The zero-order valence-corrected chi connectivity index (χ0v) is 13.6. The number of fused-ring (bicyclic) bond motifs is 1. The minimum atomic E-state index is -0.0899. The fraction of sp³-hybridized carbons (Fsp3) is 0.250. The topological polar surface area (TPSA) is 30.2 Å². The first kappa shape index (κ1) is 14.4. The lowest BCUT2D eigenvalue weighted by molar-refractivity contribution is 0.568. The van der Waals surface area contributed by atoms with Crippen molar-refractivity contribution in [3.05, 3.63) is 52.4 Å². The number of nitrogens with zero attached hydrogens (tertiary/aromatic N) is 3. The molecule has 2 heterocycles. The van der Waals surface area contributed by atoms with Gasteiger partial charge in [-0.2, -0.15) is 5.10 Å². The fourth-order valence-corrected chi connectivity index (χ4v) is 2.64. The second-order valence-corrected chi connectivity index (χ2v) is 6.78. The van der Waals surface area contributed by atoms with Crippen LogP contribution in [0.2, 0.25) is 10.2 Å². The third-order valence-corrected chi connectivity index (χ3v) is 3.96. The first-order chi connectivity index (χ1) is 9.88. The van der Waals surface area contributed by atoms with Crippen LogP contribution < -0.4 is 0 Å². The Bertz CT molecular complexity index is 816. The van der Waals surface area contributed by atoms with Crippen LogP contribution in [0.3, 0.4) is 0 Å². The molecule has 0 spiro atoms. The zero-order valence-electron chi connectivity index (χ0n) is 12.1. The van der Waals surface area contributed by atoms with Crippen LogP contribution in [-0.2, 0) is 5.41 Å². The summed E-state index contributed by atoms with van der Waals surface area (Å²) in [5.74, 6) is 0. The maximum Gasteiger partial charge on any atom is 0.164 e. The number of hydrogen-bond acceptors (Lipinski definition) is 2. The summed E-state index contributed by atoms with van der Waals surface area (Å²) in [6.07, 6.45) is 1.75. The van der Waals surface area contributed by atoms with Crippen molar-refractivity contribution in [1.29, 1.82) is 0 Å². The molecule has 0 bridgehead atoms. The average Bonchev–Trinajstić information content (AvgIpc) is 2.82. The molecule has 0 aliphatic carbocycles. The van der Waals surface area contributed by atoms with E-state index in [-0.39, 0.29) is 5.41 Å². The van der Waals surface area contributed by atoms with Crippen LogP contribution in [0, 0.1) is 0 Å². The molecule has 0 saturated carbocycles. The highest BCUT2D eigenvalue weighted by Gasteiger charge is 2.20. The van der Waals surface area contributed by atoms with Crippen molar-refractivity contribution in [2.45, 2.75) is 26.2 Å². The van der Waals surface area contributed by atoms with Gasteiger partial charge in [-0.1, -0.05) is 62.2 Å². The van der Waals surface area contributed by atoms with Crippen molar-refractivity contribution < 1.29 is 0 Å². The average molecular weight is 320 g/mol. The van der Waals surface area contributed by atoms with Gasteiger partial charge in [-0.15, -0.1) is 0 Å². The van der Waals surface area contributed by atoms with Crippen molar-refractivity contribution in [2.24, 2.45) is 0 Å². The van der Waals surface area contributed by atoms with Crippen molar-refractivity contribution in [3.8, 4) is 11.1 Å². The molecular formula is C16H15Cl2N3. The van der Waals surface area contributed by atoms with E-state index in [1.54, 1.807) is 10.7 Å². The van der Waals surface area contributed by atoms with E-state index in [0.29, 0.717) is 10.2 Å². The van der Waals surface area contributed by atoms with Crippen LogP contribution >= 0.6 is 23.2 Å². The largest absolute Gasteiger partial charge is 0.232 e. The van der Waals surface area contributed by atoms with Gasteiger partial charge in [0.25, 0.3) is 0 Å². The highest BCUT2D eigenvalue weighted by molar-refractivity contribution is 6.33. The predicted molar refractivity (Wildman–Crippen MR) is 87.1 cm³/mol. The Morgan fingerprint density at radius 1 is 1.05 bits per heavy atom. The summed E-state index contributed by atoms with van der Waals surface area (Å²) in [5.41, 5.74) is 3.35. The Labute approximate surface area is 133 Å². The van der Waals surface area contributed by atoms with E-state index in [1.807, 2.05) is 30.3 Å². The second-order valence-electron chi connectivity index (χ2n) is 5.99. The van der Waals surface area contributed by atoms with E-state index in [2.05, 4.69) is 25.9 Å². The van der Waals surface area contributed by atoms with E-state index in [9.17, 15) is 0 Å². The molecule has 0 saturated heterocycles. The number of rotatable bonds is 1. The molecule has 0 aliphatic rings. The van der Waals surface area contributed by atoms with Gasteiger partial charge in [0.1, 0.15) is 5.15 Å². The fourth-order valence-electron chi connectivity index (χ4n) is 2.18. The summed E-state index contributed by atoms with van der Waals surface area (Å²) < 4.78 is 1.63. The number of benzene rings is 1. The van der Waals surface area contributed by atoms with Gasteiger partial charge in [0.2, 0.25) is 0 Å². The normalized spacial score (nSPS) is 12.0. The molecule has 2 aromatic heterocycles. The summed E-state index contributed by atoms with van der Waals surface area (Å²) in [7, 11) is 0. The van der Waals surface area contributed by atoms with Gasteiger partial charge in [-0.05, 0) is 12.1 Å². The second kappa shape index (κ2) is 5.00. The zero-order chi connectivity index (χ0) is 15.2. The molecule has 3 aromatic rings. The number of aromatic nitrogens is 3. The van der Waals surface area contributed by atoms with Crippen molar-refractivity contribution in [2.75, 3.05) is 0 Å². The minimum absolute atomic E-state index is 0.0899. The maximum atomic E-state index is 6.34. The van der Waals surface area contributed by atoms with Gasteiger partial charge >= 0.3 is 0 Å². The monoisotopic (exact) mass is 319 g/mol. The van der Waals surface area contributed by atoms with Crippen molar-refractivity contribution >= 4 is 28.8 Å². The highest BCUT2D eigenvalue weighted by Crippen LogP contribution is 2.32. The van der Waals surface area contributed by atoms with E-state index >= 15 is 0 Å².